The fourth-order valence-corrected chi connectivity index (χ4v) is 2.99. The van der Waals surface area contributed by atoms with E-state index in [2.05, 4.69) is 9.98 Å². The Bertz CT molecular complexity index is 1060. The number of fused-ring (bicyclic) bond motifs is 2. The van der Waals surface area contributed by atoms with Crippen molar-refractivity contribution in [2.24, 2.45) is 4.99 Å². The molecule has 0 radical (unpaired) electrons. The summed E-state index contributed by atoms with van der Waals surface area (Å²) in [6.07, 6.45) is -3.18. The van der Waals surface area contributed by atoms with Crippen molar-refractivity contribution < 1.29 is 22.3 Å². The molecule has 7 heteroatoms. The Hall–Kier alpha value is -2.96. The van der Waals surface area contributed by atoms with E-state index >= 15 is 0 Å². The molecule has 0 amide bonds. The van der Waals surface area contributed by atoms with Crippen LogP contribution in [0.4, 0.5) is 17.6 Å². The van der Waals surface area contributed by atoms with Gasteiger partial charge in [0.25, 0.3) is 0 Å². The minimum Gasteiger partial charge on any atom is -0.475 e. The van der Waals surface area contributed by atoms with Gasteiger partial charge in [0.15, 0.2) is 0 Å². The molecule has 3 aromatic rings. The Morgan fingerprint density at radius 2 is 1.85 bits per heavy atom. The van der Waals surface area contributed by atoms with E-state index in [-0.39, 0.29) is 11.3 Å². The molecule has 0 aliphatic carbocycles. The summed E-state index contributed by atoms with van der Waals surface area (Å²) in [6.45, 7) is 0.381. The number of hydrogen-bond donors (Lipinski definition) is 0. The van der Waals surface area contributed by atoms with Crippen molar-refractivity contribution in [1.29, 1.82) is 0 Å². The molecule has 3 nitrogen and oxygen atoms in total. The summed E-state index contributed by atoms with van der Waals surface area (Å²) in [7, 11) is 0. The van der Waals surface area contributed by atoms with Gasteiger partial charge in [-0.1, -0.05) is 24.3 Å². The van der Waals surface area contributed by atoms with Crippen molar-refractivity contribution in [3.05, 3.63) is 71.7 Å². The van der Waals surface area contributed by atoms with Crippen LogP contribution in [0.25, 0.3) is 10.9 Å². The first-order valence-electron chi connectivity index (χ1n) is 8.23. The summed E-state index contributed by atoms with van der Waals surface area (Å²) >= 11 is 0. The average Bonchev–Trinajstić information content (AvgIpc) is 2.78. The lowest BCUT2D eigenvalue weighted by molar-refractivity contribution is -0.237. The van der Waals surface area contributed by atoms with Crippen LogP contribution in [0, 0.1) is 5.82 Å². The lowest BCUT2D eigenvalue weighted by Gasteiger charge is -2.30. The molecule has 2 aromatic carbocycles. The van der Waals surface area contributed by atoms with Gasteiger partial charge in [-0.25, -0.2) is 4.39 Å². The number of para-hydroxylation sites is 2. The van der Waals surface area contributed by atoms with Crippen LogP contribution in [0.15, 0.2) is 59.7 Å². The second-order valence-corrected chi connectivity index (χ2v) is 6.53. The largest absolute Gasteiger partial charge is 0.475 e. The smallest absolute Gasteiger partial charge is 0.429 e. The topological polar surface area (TPSA) is 34.5 Å². The number of nitrogens with zero attached hydrogens (tertiary/aromatic N) is 2. The maximum absolute atomic E-state index is 13.9. The number of alkyl halides is 3. The summed E-state index contributed by atoms with van der Waals surface area (Å²) in [5.41, 5.74) is -0.989. The molecular weight excluding hydrogens is 360 g/mol. The van der Waals surface area contributed by atoms with E-state index in [1.54, 1.807) is 36.4 Å². The van der Waals surface area contributed by atoms with Crippen molar-refractivity contribution in [2.45, 2.75) is 18.7 Å². The summed E-state index contributed by atoms with van der Waals surface area (Å²) in [4.78, 5) is 8.35. The first-order chi connectivity index (χ1) is 12.8. The van der Waals surface area contributed by atoms with Gasteiger partial charge < -0.3 is 4.74 Å². The zero-order valence-electron chi connectivity index (χ0n) is 14.2. The number of rotatable bonds is 1. The Morgan fingerprint density at radius 1 is 1.07 bits per heavy atom. The predicted molar refractivity (Wildman–Crippen MR) is 93.7 cm³/mol. The predicted octanol–water partition coefficient (Wildman–Crippen LogP) is 4.92. The van der Waals surface area contributed by atoms with Crippen LogP contribution in [0.5, 0.6) is 5.75 Å². The molecule has 4 rings (SSSR count). The first kappa shape index (κ1) is 17.5. The minimum absolute atomic E-state index is 0.0907. The van der Waals surface area contributed by atoms with Crippen molar-refractivity contribution in [1.82, 2.24) is 4.98 Å². The highest BCUT2D eigenvalue weighted by molar-refractivity contribution is 6.15. The van der Waals surface area contributed by atoms with Gasteiger partial charge in [0.2, 0.25) is 5.60 Å². The highest BCUT2D eigenvalue weighted by atomic mass is 19.4. The van der Waals surface area contributed by atoms with E-state index in [1.807, 2.05) is 0 Å². The summed E-state index contributed by atoms with van der Waals surface area (Å²) < 4.78 is 59.8. The van der Waals surface area contributed by atoms with E-state index in [0.29, 0.717) is 22.2 Å². The average molecular weight is 374 g/mol. The molecule has 27 heavy (non-hydrogen) atoms. The first-order valence-corrected chi connectivity index (χ1v) is 8.23. The summed E-state index contributed by atoms with van der Waals surface area (Å²) in [5.74, 6) is -0.372. The van der Waals surface area contributed by atoms with Crippen LogP contribution in [-0.2, 0) is 0 Å². The molecule has 1 atom stereocenters. The fraction of sp³-hybridized carbons (Fsp3) is 0.200. The second kappa shape index (κ2) is 6.04. The quantitative estimate of drug-likeness (QED) is 0.567. The van der Waals surface area contributed by atoms with Crippen LogP contribution in [-0.4, -0.2) is 29.0 Å². The molecule has 2 heterocycles. The molecule has 1 aromatic heterocycles. The summed E-state index contributed by atoms with van der Waals surface area (Å²) in [6, 6.07) is 12.6. The maximum Gasteiger partial charge on any atom is 0.429 e. The number of ether oxygens (including phenoxy) is 1. The molecule has 0 N–H and O–H groups in total. The zero-order valence-corrected chi connectivity index (χ0v) is 14.2. The SMILES string of the molecule is CC1(C(F)(F)F)CN=C(c2cnc3c(F)cccc3c2)c2ccccc2O1. The maximum atomic E-state index is 13.9. The Balaban J connectivity index is 1.89. The normalized spacial score (nSPS) is 19.8. The van der Waals surface area contributed by atoms with Gasteiger partial charge in [0.05, 0.1) is 12.3 Å². The van der Waals surface area contributed by atoms with E-state index in [0.717, 1.165) is 6.92 Å². The van der Waals surface area contributed by atoms with Gasteiger partial charge in [0, 0.05) is 22.7 Å². The van der Waals surface area contributed by atoms with Crippen LogP contribution < -0.4 is 4.74 Å². The molecule has 0 spiro atoms. The van der Waals surface area contributed by atoms with E-state index in [4.69, 9.17) is 4.74 Å². The number of pyridine rings is 1. The van der Waals surface area contributed by atoms with Gasteiger partial charge in [-0.05, 0) is 31.2 Å². The van der Waals surface area contributed by atoms with Crippen molar-refractivity contribution >= 4 is 16.6 Å². The number of aromatic nitrogens is 1. The lowest BCUT2D eigenvalue weighted by Crippen LogP contribution is -2.50. The third-order valence-corrected chi connectivity index (χ3v) is 4.55. The Kier molecular flexibility index (Phi) is 3.91. The molecule has 138 valence electrons. The van der Waals surface area contributed by atoms with Gasteiger partial charge in [-0.2, -0.15) is 13.2 Å². The Labute approximate surface area is 152 Å². The molecule has 1 aliphatic heterocycles. The molecule has 0 bridgehead atoms. The monoisotopic (exact) mass is 374 g/mol. The van der Waals surface area contributed by atoms with Crippen LogP contribution >= 0.6 is 0 Å². The highest BCUT2D eigenvalue weighted by Crippen LogP contribution is 2.39. The number of benzene rings is 2. The lowest BCUT2D eigenvalue weighted by atomic mass is 10.0. The number of hydrogen-bond acceptors (Lipinski definition) is 3. The number of aliphatic imine (C=N–C) groups is 1. The van der Waals surface area contributed by atoms with Crippen molar-refractivity contribution in [3.63, 3.8) is 0 Å². The van der Waals surface area contributed by atoms with E-state index in [9.17, 15) is 17.6 Å². The fourth-order valence-electron chi connectivity index (χ4n) is 2.99. The van der Waals surface area contributed by atoms with E-state index < -0.39 is 24.1 Å². The molecule has 1 unspecified atom stereocenters. The molecule has 0 saturated heterocycles. The highest BCUT2D eigenvalue weighted by Gasteiger charge is 2.54. The van der Waals surface area contributed by atoms with Crippen molar-refractivity contribution in [2.75, 3.05) is 6.54 Å². The molecular formula is C20H14F4N2O. The van der Waals surface area contributed by atoms with E-state index in [1.165, 1.54) is 18.3 Å². The third-order valence-electron chi connectivity index (χ3n) is 4.55. The standard InChI is InChI=1S/C20H14F4N2O/c1-19(20(22,23)24)11-26-17(14-6-2-3-8-16(14)27-19)13-9-12-5-4-7-15(21)18(12)25-10-13/h2-10H,11H2,1H3. The molecule has 1 aliphatic rings. The van der Waals surface area contributed by atoms with Crippen LogP contribution in [0.1, 0.15) is 18.1 Å². The van der Waals surface area contributed by atoms with Gasteiger partial charge in [0.1, 0.15) is 17.1 Å². The van der Waals surface area contributed by atoms with Crippen molar-refractivity contribution in [3.8, 4) is 5.75 Å². The molecule has 0 fully saturated rings. The summed E-state index contributed by atoms with van der Waals surface area (Å²) in [5, 5.41) is 0.538. The van der Waals surface area contributed by atoms with Crippen LogP contribution in [0.3, 0.4) is 0 Å². The van der Waals surface area contributed by atoms with Gasteiger partial charge in [-0.15, -0.1) is 0 Å². The zero-order chi connectivity index (χ0) is 19.2. The minimum atomic E-state index is -4.59. The second-order valence-electron chi connectivity index (χ2n) is 6.53. The van der Waals surface area contributed by atoms with Gasteiger partial charge >= 0.3 is 6.18 Å². The van der Waals surface area contributed by atoms with Gasteiger partial charge in [-0.3, -0.25) is 9.98 Å². The third kappa shape index (κ3) is 2.93. The molecule has 0 saturated carbocycles. The van der Waals surface area contributed by atoms with Crippen LogP contribution in [0.2, 0.25) is 0 Å². The number of halogens is 4. The Morgan fingerprint density at radius 3 is 2.63 bits per heavy atom.